The van der Waals surface area contributed by atoms with E-state index in [1.165, 1.54) is 54.9 Å². The number of carbonyl (C=O) groups is 4. The van der Waals surface area contributed by atoms with Crippen LogP contribution >= 0.6 is 0 Å². The molecule has 0 radical (unpaired) electrons. The number of hydrogen-bond donors (Lipinski definition) is 5. The molecule has 10 aromatic heterocycles. The molecule has 28 heteroatoms. The first-order valence-electron chi connectivity index (χ1n) is 43.7. The van der Waals surface area contributed by atoms with E-state index in [0.717, 1.165) is 102 Å². The number of rotatable bonds is 17. The van der Waals surface area contributed by atoms with E-state index < -0.39 is 52.4 Å². The SMILES string of the molecule is Cc1ccc(NC(=O)c2cc(-c3cccn4c(-c5cccc(F)c5)cnc34)ccc2C)cc1.Cc1ccc(NC(=O)c2cc(-c3cccn4c(-c5ccccc5F)cnc34)ccc2C)cc1.Cc1ccc(NC(=O)c2cc(-c3cccn4c(-c5cccnc5)c(CO)nc34)ccc2C(F)(F)F)cc1.Cc1ccc(NC(=O)c2cc(-c3cccn4c(-c5cccnc5F)cnc34)ccc2C(F)(F)F)cc1. The highest BCUT2D eigenvalue weighted by Crippen LogP contribution is 2.42. The summed E-state index contributed by atoms with van der Waals surface area (Å²) < 4.78 is 133. The molecule has 0 bridgehead atoms. The van der Waals surface area contributed by atoms with Crippen molar-refractivity contribution in [2.24, 2.45) is 0 Å². The van der Waals surface area contributed by atoms with Crippen LogP contribution in [-0.4, -0.2) is 76.2 Å². The van der Waals surface area contributed by atoms with Gasteiger partial charge in [-0.15, -0.1) is 0 Å². The van der Waals surface area contributed by atoms with E-state index >= 15 is 0 Å². The van der Waals surface area contributed by atoms with Gasteiger partial charge in [-0.2, -0.15) is 30.7 Å². The minimum Gasteiger partial charge on any atom is -0.390 e. The Labute approximate surface area is 790 Å². The number of fused-ring (bicyclic) bond motifs is 4. The summed E-state index contributed by atoms with van der Waals surface area (Å²) >= 11 is 0. The molecule has 0 saturated heterocycles. The largest absolute Gasteiger partial charge is 0.417 e. The Morgan fingerprint density at radius 3 is 1.10 bits per heavy atom. The van der Waals surface area contributed by atoms with E-state index in [9.17, 15) is 63.8 Å². The summed E-state index contributed by atoms with van der Waals surface area (Å²) in [6.45, 7) is 11.2. The van der Waals surface area contributed by atoms with Crippen molar-refractivity contribution in [1.82, 2.24) is 47.5 Å². The number of hydrogen-bond acceptors (Lipinski definition) is 11. The third-order valence-electron chi connectivity index (χ3n) is 23.3. The number of amides is 4. The summed E-state index contributed by atoms with van der Waals surface area (Å²) in [5.74, 6) is -3.35. The fourth-order valence-corrected chi connectivity index (χ4v) is 16.2. The van der Waals surface area contributed by atoms with Crippen LogP contribution in [0.15, 0.2) is 353 Å². The van der Waals surface area contributed by atoms with Gasteiger partial charge in [0.2, 0.25) is 5.95 Å². The van der Waals surface area contributed by atoms with E-state index in [0.29, 0.717) is 90.0 Å². The minimum absolute atomic E-state index is 0.158. The molecule has 4 amide bonds. The van der Waals surface area contributed by atoms with Crippen LogP contribution in [0.2, 0.25) is 0 Å². The minimum atomic E-state index is -4.73. The maximum absolute atomic E-state index is 14.4. The smallest absolute Gasteiger partial charge is 0.390 e. The van der Waals surface area contributed by atoms with Crippen molar-refractivity contribution in [3.05, 3.63) is 443 Å². The van der Waals surface area contributed by atoms with E-state index in [1.54, 1.807) is 161 Å². The van der Waals surface area contributed by atoms with E-state index in [2.05, 4.69) is 51.2 Å². The normalized spacial score (nSPS) is 11.3. The molecule has 139 heavy (non-hydrogen) atoms. The highest BCUT2D eigenvalue weighted by Gasteiger charge is 2.38. The highest BCUT2D eigenvalue weighted by atomic mass is 19.4. The average Bonchev–Trinajstić information content (AvgIpc) is 1.61. The van der Waals surface area contributed by atoms with Gasteiger partial charge in [-0.1, -0.05) is 131 Å². The summed E-state index contributed by atoms with van der Waals surface area (Å²) in [6.07, 6.45) is 7.22. The van der Waals surface area contributed by atoms with Crippen molar-refractivity contribution in [2.45, 2.75) is 60.5 Å². The van der Waals surface area contributed by atoms with Crippen LogP contribution in [-0.2, 0) is 19.0 Å². The maximum Gasteiger partial charge on any atom is 0.417 e. The van der Waals surface area contributed by atoms with Crippen LogP contribution < -0.4 is 21.3 Å². The first kappa shape index (κ1) is 93.3. The van der Waals surface area contributed by atoms with Crippen molar-refractivity contribution in [3.8, 4) is 89.5 Å². The van der Waals surface area contributed by atoms with Crippen LogP contribution in [0.3, 0.4) is 0 Å². The predicted octanol–water partition coefficient (Wildman–Crippen LogP) is 26.3. The summed E-state index contributed by atoms with van der Waals surface area (Å²) in [4.78, 5) is 78.0. The Hall–Kier alpha value is -17.5. The van der Waals surface area contributed by atoms with E-state index in [1.807, 2.05) is 184 Å². The second-order valence-electron chi connectivity index (χ2n) is 32.9. The second-order valence-corrected chi connectivity index (χ2v) is 32.9. The molecule has 0 fully saturated rings. The first-order valence-corrected chi connectivity index (χ1v) is 43.7. The van der Waals surface area contributed by atoms with Crippen molar-refractivity contribution < 1.29 is 63.8 Å². The lowest BCUT2D eigenvalue weighted by Crippen LogP contribution is -2.19. The van der Waals surface area contributed by atoms with Gasteiger partial charge in [0.25, 0.3) is 23.6 Å². The van der Waals surface area contributed by atoms with Crippen molar-refractivity contribution in [1.29, 1.82) is 0 Å². The van der Waals surface area contributed by atoms with Crippen LogP contribution in [0.25, 0.3) is 112 Å². The standard InChI is InChI=1S/C28H21F3N4O2.2C28H22FN3O.C27H18F4N4O/c1-17-6-9-20(10-7-17)33-27(37)22-14-18(8-11-23(22)28(29,30)31)21-5-3-13-35-25(19-4-2-12-32-15-19)24(16-36)34-26(21)35;1-18-8-12-23(13-9-18)31-28(33)25-16-20(11-10-19(25)2)24-7-4-14-32-26(17-30-27(24)32)21-5-3-6-22(29)15-21;1-18-9-13-21(14-10-18)31-28(33)24-16-20(12-11-19(24)2)22-7-5-15-32-26(17-30-27(22)32)23-6-3-4-8-25(23)29;1-16-6-9-18(10-7-16)34-26(36)21-14-17(8-11-22(21)27(29,30)31)19-5-3-13-35-23(15-33-25(19)35)20-4-2-12-32-24(20)28/h2-15,36H,16H2,1H3,(H,33,37);2*3-17H,1-2H3,(H,31,33);2-15H,1H3,(H,34,36). The summed E-state index contributed by atoms with van der Waals surface area (Å²) in [6, 6.07) is 81.8. The number of aliphatic hydroxyl groups excluding tert-OH is 1. The van der Waals surface area contributed by atoms with Gasteiger partial charge in [-0.25, -0.2) is 33.7 Å². The molecular weight excluding hydrogens is 1780 g/mol. The van der Waals surface area contributed by atoms with Crippen LogP contribution in [0.5, 0.6) is 0 Å². The molecule has 0 aliphatic rings. The molecule has 10 aromatic carbocycles. The number of aryl methyl sites for hydroxylation is 6. The van der Waals surface area contributed by atoms with Crippen LogP contribution in [0.1, 0.15) is 91.6 Å². The van der Waals surface area contributed by atoms with Crippen molar-refractivity contribution >= 4 is 69.0 Å². The van der Waals surface area contributed by atoms with Crippen molar-refractivity contribution in [2.75, 3.05) is 21.3 Å². The van der Waals surface area contributed by atoms with E-state index in [4.69, 9.17) is 0 Å². The molecule has 0 spiro atoms. The lowest BCUT2D eigenvalue weighted by molar-refractivity contribution is -0.138. The molecule has 5 N–H and O–H groups in total. The molecule has 0 atom stereocenters. The molecule has 20 rings (SSSR count). The second kappa shape index (κ2) is 39.9. The number of benzene rings is 10. The van der Waals surface area contributed by atoms with Crippen LogP contribution in [0.4, 0.5) is 62.3 Å². The van der Waals surface area contributed by atoms with Gasteiger partial charge in [0.1, 0.15) is 34.2 Å². The van der Waals surface area contributed by atoms with Crippen LogP contribution in [0, 0.1) is 59.1 Å². The summed E-state index contributed by atoms with van der Waals surface area (Å²) in [5, 5.41) is 21.0. The monoisotopic (exact) mass is 1860 g/mol. The molecule has 690 valence electrons. The Balaban J connectivity index is 0.000000128. The van der Waals surface area contributed by atoms with Gasteiger partial charge in [0, 0.05) is 116 Å². The number of carbonyl (C=O) groups excluding carboxylic acids is 4. The molecule has 0 aliphatic heterocycles. The molecule has 0 unspecified atom stereocenters. The quantitative estimate of drug-likeness (QED) is 0.0425. The highest BCUT2D eigenvalue weighted by molar-refractivity contribution is 6.09. The number of nitrogens with zero attached hydrogens (tertiary/aromatic N) is 10. The topological polar surface area (TPSA) is 232 Å². The third-order valence-corrected chi connectivity index (χ3v) is 23.3. The zero-order valence-corrected chi connectivity index (χ0v) is 75.1. The number of pyridine rings is 6. The third kappa shape index (κ3) is 20.5. The van der Waals surface area contributed by atoms with E-state index in [-0.39, 0.29) is 35.6 Å². The molecular formula is C111H83F9N14O5. The van der Waals surface area contributed by atoms with Gasteiger partial charge in [0.15, 0.2) is 0 Å². The predicted molar refractivity (Wildman–Crippen MR) is 522 cm³/mol. The van der Waals surface area contributed by atoms with Gasteiger partial charge in [-0.3, -0.25) is 41.8 Å². The summed E-state index contributed by atoms with van der Waals surface area (Å²) in [7, 11) is 0. The van der Waals surface area contributed by atoms with Gasteiger partial charge in [-0.05, 0) is 257 Å². The summed E-state index contributed by atoms with van der Waals surface area (Å²) in [5.41, 5.74) is 18.9. The first-order chi connectivity index (χ1) is 67.0. The number of halogens is 9. The van der Waals surface area contributed by atoms with Gasteiger partial charge >= 0.3 is 12.4 Å². The lowest BCUT2D eigenvalue weighted by atomic mass is 9.98. The average molecular weight is 1860 g/mol. The number of anilines is 4. The molecule has 19 nitrogen and oxygen atoms in total. The number of imidazole rings is 4. The maximum atomic E-state index is 14.4. The fourth-order valence-electron chi connectivity index (χ4n) is 16.2. The number of aliphatic hydroxyl groups is 1. The van der Waals surface area contributed by atoms with Gasteiger partial charge in [0.05, 0.1) is 81.5 Å². The lowest BCUT2D eigenvalue weighted by Gasteiger charge is -2.15. The molecule has 0 saturated carbocycles. The number of nitrogens with one attached hydrogen (secondary N) is 4. The molecule has 0 aliphatic carbocycles. The Morgan fingerprint density at radius 2 is 0.691 bits per heavy atom. The Morgan fingerprint density at radius 1 is 0.324 bits per heavy atom. The molecule has 20 aromatic rings. The Kier molecular flexibility index (Phi) is 26.8. The van der Waals surface area contributed by atoms with Gasteiger partial charge < -0.3 is 26.4 Å². The number of aromatic nitrogens is 10. The Bertz CT molecular complexity index is 8040. The molecule has 10 heterocycles. The zero-order valence-electron chi connectivity index (χ0n) is 75.1. The number of alkyl halides is 6. The zero-order chi connectivity index (χ0) is 97.5. The fraction of sp³-hybridized carbons (Fsp3) is 0.0811. The van der Waals surface area contributed by atoms with Crippen molar-refractivity contribution in [3.63, 3.8) is 0 Å².